The monoisotopic (exact) mass is 362 g/mol. The van der Waals surface area contributed by atoms with Gasteiger partial charge in [0.1, 0.15) is 0 Å². The van der Waals surface area contributed by atoms with Gasteiger partial charge in [-0.1, -0.05) is 0 Å². The van der Waals surface area contributed by atoms with Crippen molar-refractivity contribution in [2.45, 2.75) is 55.4 Å². The van der Waals surface area contributed by atoms with E-state index in [1.807, 2.05) is 0 Å². The minimum atomic E-state index is -2.64. The van der Waals surface area contributed by atoms with Crippen LogP contribution in [-0.4, -0.2) is 81.9 Å². The van der Waals surface area contributed by atoms with Crippen LogP contribution in [0.15, 0.2) is 0 Å². The molecule has 0 aromatic heterocycles. The summed E-state index contributed by atoms with van der Waals surface area (Å²) in [6.45, 7) is 27.9. The maximum absolute atomic E-state index is 2.81. The van der Waals surface area contributed by atoms with E-state index in [1.165, 1.54) is 0 Å². The molecule has 0 aromatic rings. The van der Waals surface area contributed by atoms with E-state index < -0.39 is 14.2 Å². The first-order chi connectivity index (χ1) is 10.1. The van der Waals surface area contributed by atoms with Crippen molar-refractivity contribution in [3.8, 4) is 0 Å². The quantitative estimate of drug-likeness (QED) is 0.496. The molecule has 0 unspecified atom stereocenters. The van der Waals surface area contributed by atoms with Crippen molar-refractivity contribution in [2.75, 3.05) is 52.4 Å². The van der Waals surface area contributed by atoms with Crippen LogP contribution >= 0.6 is 0 Å². The van der Waals surface area contributed by atoms with E-state index in [-0.39, 0.29) is 0 Å². The molecule has 0 aliphatic rings. The van der Waals surface area contributed by atoms with Crippen LogP contribution < -0.4 is 0 Å². The van der Waals surface area contributed by atoms with Crippen LogP contribution in [0.4, 0.5) is 0 Å². The van der Waals surface area contributed by atoms with Crippen LogP contribution in [0.1, 0.15) is 55.4 Å². The van der Waals surface area contributed by atoms with E-state index in [4.69, 9.17) is 0 Å². The van der Waals surface area contributed by atoms with E-state index in [0.717, 1.165) is 52.4 Å². The summed E-state index contributed by atoms with van der Waals surface area (Å²) in [5.41, 5.74) is 0. The van der Waals surface area contributed by atoms with Crippen molar-refractivity contribution < 1.29 is 0 Å². The van der Waals surface area contributed by atoms with Gasteiger partial charge < -0.3 is 0 Å². The van der Waals surface area contributed by atoms with Crippen LogP contribution in [-0.2, 0) is 0 Å². The van der Waals surface area contributed by atoms with Gasteiger partial charge in [0.05, 0.1) is 0 Å². The van der Waals surface area contributed by atoms with Crippen molar-refractivity contribution in [1.82, 2.24) is 15.4 Å². The summed E-state index contributed by atoms with van der Waals surface area (Å²) in [7, 11) is 0. The first-order valence-corrected chi connectivity index (χ1v) is 12.8. The third kappa shape index (κ3) is 4.22. The van der Waals surface area contributed by atoms with Gasteiger partial charge in [-0.15, -0.1) is 0 Å². The average molecular weight is 361 g/mol. The molecule has 0 spiro atoms. The summed E-state index contributed by atoms with van der Waals surface area (Å²) in [5, 5.41) is 0. The van der Waals surface area contributed by atoms with Gasteiger partial charge in [-0.2, -0.15) is 0 Å². The molecule has 0 aromatic carbocycles. The normalized spacial score (nSPS) is 13.1. The fourth-order valence-electron chi connectivity index (χ4n) is 3.79. The fourth-order valence-corrected chi connectivity index (χ4v) is 15.9. The van der Waals surface area contributed by atoms with Gasteiger partial charge in [0.25, 0.3) is 0 Å². The molecule has 0 fully saturated rings. The predicted octanol–water partition coefficient (Wildman–Crippen LogP) is 2.79. The molecule has 0 saturated carbocycles. The Morgan fingerprint density at radius 1 is 0.381 bits per heavy atom. The Labute approximate surface area is 137 Å². The van der Waals surface area contributed by atoms with Gasteiger partial charge in [0.15, 0.2) is 0 Å². The van der Waals surface area contributed by atoms with E-state index in [2.05, 4.69) is 70.8 Å². The molecule has 128 valence electrons. The summed E-state index contributed by atoms with van der Waals surface area (Å²) >= 11 is -2.64. The van der Waals surface area contributed by atoms with Crippen LogP contribution in [0.2, 0.25) is 0 Å². The van der Waals surface area contributed by atoms with Gasteiger partial charge in [-0.25, -0.2) is 0 Å². The van der Waals surface area contributed by atoms with Gasteiger partial charge in [0, 0.05) is 0 Å². The molecule has 5 heteroatoms. The Balaban J connectivity index is 6.15. The SMILES string of the molecule is CC[N](CC)[Ge]([N](CC)CC)([N](CC)CC)[N](CC)CC. The number of hydrogen-bond acceptors (Lipinski definition) is 4. The second-order valence-electron chi connectivity index (χ2n) is 5.29. The number of nitrogens with zero attached hydrogens (tertiary/aromatic N) is 4. The summed E-state index contributed by atoms with van der Waals surface area (Å²) in [4.78, 5) is 0. The number of hydrogen-bond donors (Lipinski definition) is 0. The van der Waals surface area contributed by atoms with Crippen molar-refractivity contribution in [3.63, 3.8) is 0 Å². The van der Waals surface area contributed by atoms with Crippen molar-refractivity contribution in [2.24, 2.45) is 0 Å². The Bertz CT molecular complexity index is 193. The zero-order chi connectivity index (χ0) is 16.5. The van der Waals surface area contributed by atoms with Gasteiger partial charge in [0.2, 0.25) is 0 Å². The maximum atomic E-state index is 2.81. The molecule has 0 heterocycles. The summed E-state index contributed by atoms with van der Waals surface area (Å²) in [6, 6.07) is 0. The van der Waals surface area contributed by atoms with E-state index >= 15 is 0 Å². The van der Waals surface area contributed by atoms with Crippen molar-refractivity contribution >= 4 is 14.2 Å². The molecule has 0 aliphatic heterocycles. The molecule has 0 amide bonds. The van der Waals surface area contributed by atoms with Gasteiger partial charge in [-0.3, -0.25) is 0 Å². The Morgan fingerprint density at radius 2 is 0.524 bits per heavy atom. The van der Waals surface area contributed by atoms with Crippen LogP contribution in [0.5, 0.6) is 0 Å². The average Bonchev–Trinajstić information content (AvgIpc) is 2.51. The molecule has 4 nitrogen and oxygen atoms in total. The second-order valence-corrected chi connectivity index (χ2v) is 13.1. The van der Waals surface area contributed by atoms with Crippen LogP contribution in [0, 0.1) is 0 Å². The first kappa shape index (κ1) is 21.4. The van der Waals surface area contributed by atoms with Crippen LogP contribution in [0.25, 0.3) is 0 Å². The first-order valence-electron chi connectivity index (χ1n) is 9.08. The predicted molar refractivity (Wildman–Crippen MR) is 97.4 cm³/mol. The Morgan fingerprint density at radius 3 is 0.619 bits per heavy atom. The molecule has 0 bridgehead atoms. The Hall–Kier alpha value is 0.383. The van der Waals surface area contributed by atoms with Crippen molar-refractivity contribution in [1.29, 1.82) is 0 Å². The zero-order valence-corrected chi connectivity index (χ0v) is 18.0. The molecular formula is C16H40GeN4. The second kappa shape index (κ2) is 11.0. The third-order valence-electron chi connectivity index (χ3n) is 4.75. The van der Waals surface area contributed by atoms with Gasteiger partial charge in [-0.05, 0) is 0 Å². The molecular weight excluding hydrogens is 321 g/mol. The van der Waals surface area contributed by atoms with Crippen LogP contribution in [0.3, 0.4) is 0 Å². The minimum absolute atomic E-state index is 1.15. The molecule has 0 N–H and O–H groups in total. The number of rotatable bonds is 12. The van der Waals surface area contributed by atoms with E-state index in [9.17, 15) is 0 Å². The molecule has 0 aliphatic carbocycles. The summed E-state index contributed by atoms with van der Waals surface area (Å²) < 4.78 is 11.2. The zero-order valence-electron chi connectivity index (χ0n) is 15.9. The topological polar surface area (TPSA) is 13.0 Å². The molecule has 0 atom stereocenters. The summed E-state index contributed by atoms with van der Waals surface area (Å²) in [6.07, 6.45) is 0. The molecule has 0 saturated heterocycles. The summed E-state index contributed by atoms with van der Waals surface area (Å²) in [5.74, 6) is 0. The standard InChI is InChI=1S/C16H40GeN4/c1-9-18(10-2)17(19(11-3)12-4,20(13-5)14-6)21(15-7)16-8/h9-16H2,1-8H3. The molecule has 0 radical (unpaired) electrons. The molecule has 0 rings (SSSR count). The van der Waals surface area contributed by atoms with E-state index in [0.29, 0.717) is 0 Å². The van der Waals surface area contributed by atoms with Gasteiger partial charge >= 0.3 is 137 Å². The molecule has 21 heavy (non-hydrogen) atoms. The van der Waals surface area contributed by atoms with Crippen molar-refractivity contribution in [3.05, 3.63) is 0 Å². The third-order valence-corrected chi connectivity index (χ3v) is 17.2. The van der Waals surface area contributed by atoms with E-state index in [1.54, 1.807) is 0 Å². The fraction of sp³-hybridized carbons (Fsp3) is 1.00. The Kier molecular flexibility index (Phi) is 11.2.